The quantitative estimate of drug-likeness (QED) is 0.151. The van der Waals surface area contributed by atoms with Gasteiger partial charge in [0.1, 0.15) is 35.2 Å². The second-order valence-electron chi connectivity index (χ2n) is 11.9. The minimum absolute atomic E-state index is 0.147. The third kappa shape index (κ3) is 5.12. The molecule has 0 saturated heterocycles. The van der Waals surface area contributed by atoms with Gasteiger partial charge >= 0.3 is 11.3 Å². The Morgan fingerprint density at radius 3 is 2.13 bits per heavy atom. The third-order valence-corrected chi connectivity index (χ3v) is 8.58. The van der Waals surface area contributed by atoms with Gasteiger partial charge in [-0.05, 0) is 55.8 Å². The summed E-state index contributed by atoms with van der Waals surface area (Å²) >= 11 is 0. The van der Waals surface area contributed by atoms with Crippen LogP contribution in [0.1, 0.15) is 41.7 Å². The molecule has 4 aromatic carbocycles. The highest BCUT2D eigenvalue weighted by molar-refractivity contribution is 5.94. The van der Waals surface area contributed by atoms with Gasteiger partial charge in [0.05, 0.1) is 17.0 Å². The van der Waals surface area contributed by atoms with E-state index >= 15 is 0 Å². The first-order chi connectivity index (χ1) is 22.1. The fraction of sp³-hybridized carbons (Fsp3) is 0.146. The molecule has 2 unspecified atom stereocenters. The Morgan fingerprint density at radius 2 is 1.36 bits per heavy atom. The Bertz CT molecular complexity index is 2050. The first kappa shape index (κ1) is 27.2. The number of hydrogen-bond acceptors (Lipinski definition) is 3. The van der Waals surface area contributed by atoms with Crippen molar-refractivity contribution in [3.8, 4) is 28.6 Å². The molecule has 0 amide bonds. The Morgan fingerprint density at radius 1 is 0.689 bits per heavy atom. The minimum atomic E-state index is 0.147. The molecule has 3 aliphatic rings. The Balaban J connectivity index is 1.18. The Labute approximate surface area is 263 Å². The molecule has 0 spiro atoms. The van der Waals surface area contributed by atoms with E-state index in [1.54, 1.807) is 0 Å². The van der Waals surface area contributed by atoms with Crippen molar-refractivity contribution >= 4 is 28.4 Å². The predicted molar refractivity (Wildman–Crippen MR) is 181 cm³/mol. The number of ether oxygens (including phenoxy) is 3. The Hall–Kier alpha value is -5.35. The lowest BCUT2D eigenvalue weighted by Crippen LogP contribution is -2.07. The number of fused-ring (bicyclic) bond motifs is 6. The topological polar surface area (TPSA) is 39.0 Å². The van der Waals surface area contributed by atoms with Gasteiger partial charge in [-0.3, -0.25) is 0 Å². The van der Waals surface area contributed by atoms with Gasteiger partial charge in [0.25, 0.3) is 0 Å². The first-order valence-corrected chi connectivity index (χ1v) is 15.6. The van der Waals surface area contributed by atoms with Crippen molar-refractivity contribution in [2.24, 2.45) is 0 Å². The smallest absolute Gasteiger partial charge is 0.361 e. The summed E-state index contributed by atoms with van der Waals surface area (Å²) in [5.74, 6) is 4.42. The maximum absolute atomic E-state index is 6.43. The van der Waals surface area contributed by atoms with Gasteiger partial charge < -0.3 is 14.2 Å². The predicted octanol–water partition coefficient (Wildman–Crippen LogP) is 10.1. The molecule has 45 heavy (non-hydrogen) atoms. The highest BCUT2D eigenvalue weighted by Crippen LogP contribution is 2.45. The highest BCUT2D eigenvalue weighted by Gasteiger charge is 2.30. The van der Waals surface area contributed by atoms with Crippen LogP contribution in [0.5, 0.6) is 17.2 Å². The number of hydrogen-bond donors (Lipinski definition) is 0. The van der Waals surface area contributed by atoms with E-state index in [0.29, 0.717) is 0 Å². The molecule has 5 aromatic rings. The SMILES string of the molecule is CC1Cc2c(ccc3c2/C(=C/C=C/C=C/c2cc(-c4ccccc4)[o+]c4ccc5c(c24)CC(C)O5)C=C(c2ccccc2)O3)O1. The number of allylic oxidation sites excluding steroid dienone is 6. The lowest BCUT2D eigenvalue weighted by molar-refractivity contribution is 0.254. The van der Waals surface area contributed by atoms with Crippen LogP contribution in [0.4, 0.5) is 0 Å². The summed E-state index contributed by atoms with van der Waals surface area (Å²) < 4.78 is 25.0. The van der Waals surface area contributed by atoms with Crippen molar-refractivity contribution in [2.75, 3.05) is 0 Å². The molecule has 8 rings (SSSR count). The normalized spacial score (nSPS) is 19.2. The molecule has 0 fully saturated rings. The first-order valence-electron chi connectivity index (χ1n) is 15.6. The van der Waals surface area contributed by atoms with E-state index in [4.69, 9.17) is 18.6 Å². The van der Waals surface area contributed by atoms with Crippen LogP contribution in [0.25, 0.3) is 39.7 Å². The highest BCUT2D eigenvalue weighted by atomic mass is 16.5. The summed E-state index contributed by atoms with van der Waals surface area (Å²) in [6, 6.07) is 30.7. The van der Waals surface area contributed by atoms with Gasteiger partial charge in [-0.1, -0.05) is 78.9 Å². The molecule has 0 bridgehead atoms. The van der Waals surface area contributed by atoms with Crippen molar-refractivity contribution < 1.29 is 18.6 Å². The summed E-state index contributed by atoms with van der Waals surface area (Å²) in [6.07, 6.45) is 14.8. The molecular formula is C41H33O4+. The van der Waals surface area contributed by atoms with Crippen LogP contribution in [-0.4, -0.2) is 12.2 Å². The van der Waals surface area contributed by atoms with Crippen molar-refractivity contribution in [3.05, 3.63) is 149 Å². The van der Waals surface area contributed by atoms with Crippen molar-refractivity contribution in [1.82, 2.24) is 0 Å². The molecule has 4 heterocycles. The second kappa shape index (κ2) is 11.3. The van der Waals surface area contributed by atoms with E-state index in [2.05, 4.69) is 80.6 Å². The van der Waals surface area contributed by atoms with Crippen molar-refractivity contribution in [3.63, 3.8) is 0 Å². The molecule has 0 aliphatic carbocycles. The van der Waals surface area contributed by atoms with Crippen LogP contribution in [-0.2, 0) is 12.8 Å². The van der Waals surface area contributed by atoms with Crippen LogP contribution < -0.4 is 14.2 Å². The summed E-state index contributed by atoms with van der Waals surface area (Å²) in [6.45, 7) is 4.22. The van der Waals surface area contributed by atoms with Crippen LogP contribution in [0, 0.1) is 0 Å². The molecule has 0 radical (unpaired) electrons. The summed E-state index contributed by atoms with van der Waals surface area (Å²) in [5.41, 5.74) is 8.68. The molecular weight excluding hydrogens is 556 g/mol. The molecule has 1 aromatic heterocycles. The molecule has 4 heteroatoms. The van der Waals surface area contributed by atoms with Crippen LogP contribution >= 0.6 is 0 Å². The molecule has 4 nitrogen and oxygen atoms in total. The average molecular weight is 590 g/mol. The Kier molecular flexibility index (Phi) is 6.83. The molecule has 0 N–H and O–H groups in total. The second-order valence-corrected chi connectivity index (χ2v) is 11.9. The zero-order valence-electron chi connectivity index (χ0n) is 25.3. The number of rotatable bonds is 5. The van der Waals surface area contributed by atoms with Crippen molar-refractivity contribution in [1.29, 1.82) is 0 Å². The molecule has 0 saturated carbocycles. The summed E-state index contributed by atoms with van der Waals surface area (Å²) in [4.78, 5) is 0. The standard InChI is InChI=1S/C41H33O4/c1-26-22-32-34(42-26)18-20-36-40(32)30(24-38(44-36)28-12-6-3-7-13-28)16-10-5-11-17-31-25-39(29-14-8-4-9-15-29)45-37-21-19-35-33(41(31)37)23-27(2)43-35/h3-21,24-27H,22-23H2,1-2H3/q+1. The van der Waals surface area contributed by atoms with Crippen molar-refractivity contribution in [2.45, 2.75) is 38.9 Å². The van der Waals surface area contributed by atoms with E-state index in [0.717, 1.165) is 80.4 Å². The largest absolute Gasteiger partial charge is 0.490 e. The maximum atomic E-state index is 6.43. The van der Waals surface area contributed by atoms with E-state index in [9.17, 15) is 0 Å². The molecule has 2 atom stereocenters. The zero-order chi connectivity index (χ0) is 30.3. The van der Waals surface area contributed by atoms with Gasteiger partial charge in [-0.2, -0.15) is 0 Å². The average Bonchev–Trinajstić information content (AvgIpc) is 3.65. The fourth-order valence-electron chi connectivity index (χ4n) is 6.59. The van der Waals surface area contributed by atoms with Crippen LogP contribution in [0.3, 0.4) is 0 Å². The van der Waals surface area contributed by atoms with E-state index < -0.39 is 0 Å². The number of benzene rings is 4. The zero-order valence-corrected chi connectivity index (χ0v) is 25.3. The fourth-order valence-corrected chi connectivity index (χ4v) is 6.59. The molecule has 220 valence electrons. The van der Waals surface area contributed by atoms with Gasteiger partial charge in [-0.25, -0.2) is 4.42 Å². The van der Waals surface area contributed by atoms with Gasteiger partial charge in [0.2, 0.25) is 0 Å². The lowest BCUT2D eigenvalue weighted by atomic mass is 9.92. The molecule has 3 aliphatic heterocycles. The van der Waals surface area contributed by atoms with Crippen LogP contribution in [0.15, 0.2) is 126 Å². The van der Waals surface area contributed by atoms with Gasteiger partial charge in [0, 0.05) is 46.7 Å². The van der Waals surface area contributed by atoms with E-state index in [1.165, 1.54) is 11.1 Å². The van der Waals surface area contributed by atoms with Gasteiger partial charge in [0.15, 0.2) is 0 Å². The third-order valence-electron chi connectivity index (χ3n) is 8.58. The van der Waals surface area contributed by atoms with Gasteiger partial charge in [-0.15, -0.1) is 0 Å². The van der Waals surface area contributed by atoms with E-state index in [1.807, 2.05) is 60.7 Å². The summed E-state index contributed by atoms with van der Waals surface area (Å²) in [7, 11) is 0. The lowest BCUT2D eigenvalue weighted by Gasteiger charge is -2.22. The van der Waals surface area contributed by atoms with E-state index in [-0.39, 0.29) is 12.2 Å². The maximum Gasteiger partial charge on any atom is 0.361 e. The minimum Gasteiger partial charge on any atom is -0.490 e. The monoisotopic (exact) mass is 589 g/mol. The summed E-state index contributed by atoms with van der Waals surface area (Å²) in [5, 5.41) is 1.11. The van der Waals surface area contributed by atoms with Crippen LogP contribution in [0.2, 0.25) is 0 Å².